The molecule has 1 saturated heterocycles. The first kappa shape index (κ1) is 30.1. The molecule has 0 bridgehead atoms. The van der Waals surface area contributed by atoms with Crippen LogP contribution in [0.15, 0.2) is 41.4 Å². The van der Waals surface area contributed by atoms with Crippen molar-refractivity contribution in [1.82, 2.24) is 15.4 Å². The van der Waals surface area contributed by atoms with Gasteiger partial charge in [-0.2, -0.15) is 0 Å². The Labute approximate surface area is 234 Å². The fourth-order valence-corrected chi connectivity index (χ4v) is 6.28. The normalized spacial score (nSPS) is 16.2. The smallest absolute Gasteiger partial charge is 0.249 e. The second-order valence-corrected chi connectivity index (χ2v) is 11.1. The number of fused-ring (bicyclic) bond motifs is 1. The number of likely N-dealkylation sites (tertiary alicyclic amines) is 1. The highest BCUT2D eigenvalue weighted by Crippen LogP contribution is 2.40. The fourth-order valence-electron chi connectivity index (χ4n) is 5.33. The first-order valence-electron chi connectivity index (χ1n) is 13.0. The van der Waals surface area contributed by atoms with E-state index in [4.69, 9.17) is 10.5 Å². The largest absolute Gasteiger partial charge is 0.497 e. The van der Waals surface area contributed by atoms with Crippen molar-refractivity contribution < 1.29 is 33.0 Å². The molecule has 1 unspecified atom stereocenters. The van der Waals surface area contributed by atoms with Crippen molar-refractivity contribution in [3.8, 4) is 5.75 Å². The zero-order chi connectivity index (χ0) is 28.9. The molecule has 0 saturated carbocycles. The van der Waals surface area contributed by atoms with Gasteiger partial charge in [-0.15, -0.1) is 11.8 Å². The molecule has 4 rings (SSSR count). The van der Waals surface area contributed by atoms with Crippen molar-refractivity contribution in [1.29, 1.82) is 0 Å². The average molecular weight is 579 g/mol. The number of aliphatic hydroxyl groups excluding tert-OH is 1. The number of benzene rings is 2. The van der Waals surface area contributed by atoms with E-state index in [1.165, 1.54) is 0 Å². The van der Waals surface area contributed by atoms with Crippen molar-refractivity contribution in [2.75, 3.05) is 32.5 Å². The minimum absolute atomic E-state index is 0.174. The van der Waals surface area contributed by atoms with Gasteiger partial charge in [-0.1, -0.05) is 0 Å². The number of aliphatic hydroxyl groups is 1. The molecular weight excluding hydrogens is 545 g/mol. The summed E-state index contributed by atoms with van der Waals surface area (Å²) in [4.78, 5) is 19.1. The maximum atomic E-state index is 13.9. The van der Waals surface area contributed by atoms with E-state index in [0.29, 0.717) is 79.2 Å². The summed E-state index contributed by atoms with van der Waals surface area (Å²) in [5, 5.41) is 21.5. The van der Waals surface area contributed by atoms with E-state index in [2.05, 4.69) is 9.88 Å². The van der Waals surface area contributed by atoms with Crippen LogP contribution in [0.3, 0.4) is 0 Å². The molecule has 2 heterocycles. The lowest BCUT2D eigenvalue weighted by molar-refractivity contribution is -0.143. The van der Waals surface area contributed by atoms with Gasteiger partial charge in [0.2, 0.25) is 5.91 Å². The van der Waals surface area contributed by atoms with Crippen LogP contribution >= 0.6 is 11.8 Å². The molecule has 8 nitrogen and oxygen atoms in total. The number of aromatic nitrogens is 1. The Bertz CT molecular complexity index is 1330. The Morgan fingerprint density at radius 1 is 1.23 bits per heavy atom. The molecule has 5 N–H and O–H groups in total. The number of ether oxygens (including phenoxy) is 1. The number of methoxy groups -OCH3 is 1. The topological polar surface area (TPSA) is 121 Å². The number of pyridine rings is 1. The number of hydroxylamine groups is 1. The lowest BCUT2D eigenvalue weighted by Crippen LogP contribution is -2.48. The third kappa shape index (κ3) is 6.52. The lowest BCUT2D eigenvalue weighted by Gasteiger charge is -2.40. The van der Waals surface area contributed by atoms with Crippen LogP contribution in [0.25, 0.3) is 10.9 Å². The maximum Gasteiger partial charge on any atom is 0.249 e. The number of carbonyl (C=O) groups is 1. The van der Waals surface area contributed by atoms with Crippen molar-refractivity contribution in [2.24, 2.45) is 11.1 Å². The second kappa shape index (κ2) is 13.2. The van der Waals surface area contributed by atoms with Crippen molar-refractivity contribution in [2.45, 2.75) is 43.2 Å². The number of nitrogens with zero attached hydrogens (tertiary/aromatic N) is 2. The van der Waals surface area contributed by atoms with Gasteiger partial charge >= 0.3 is 0 Å². The highest BCUT2D eigenvalue weighted by Gasteiger charge is 2.41. The lowest BCUT2D eigenvalue weighted by atomic mass is 9.73. The molecule has 1 amide bonds. The van der Waals surface area contributed by atoms with Gasteiger partial charge in [0.15, 0.2) is 0 Å². The summed E-state index contributed by atoms with van der Waals surface area (Å²) in [6.07, 6.45) is 2.11. The third-order valence-corrected chi connectivity index (χ3v) is 8.73. The van der Waals surface area contributed by atoms with Gasteiger partial charge in [-0.05, 0) is 68.1 Å². The SMILES string of the molecule is COc1ccc2ncc(CN)c(C(O)CCC3(C(=O)NO)CCN(CCSc4c(F)cc(F)cc4F)CC3)c2c1. The van der Waals surface area contributed by atoms with E-state index < -0.39 is 34.9 Å². The van der Waals surface area contributed by atoms with Crippen molar-refractivity contribution in [3.05, 3.63) is 65.1 Å². The molecule has 1 fully saturated rings. The minimum atomic E-state index is -0.963. The Morgan fingerprint density at radius 2 is 1.93 bits per heavy atom. The van der Waals surface area contributed by atoms with Gasteiger partial charge in [0.25, 0.3) is 0 Å². The summed E-state index contributed by atoms with van der Waals surface area (Å²) in [7, 11) is 1.55. The molecule has 12 heteroatoms. The van der Waals surface area contributed by atoms with Gasteiger partial charge in [0.05, 0.1) is 29.0 Å². The zero-order valence-corrected chi connectivity index (χ0v) is 22.9. The summed E-state index contributed by atoms with van der Waals surface area (Å²) < 4.78 is 46.4. The monoisotopic (exact) mass is 578 g/mol. The minimum Gasteiger partial charge on any atom is -0.497 e. The molecule has 40 heavy (non-hydrogen) atoms. The molecule has 1 atom stereocenters. The first-order valence-corrected chi connectivity index (χ1v) is 14.0. The Balaban J connectivity index is 1.42. The van der Waals surface area contributed by atoms with Crippen LogP contribution in [0.5, 0.6) is 5.75 Å². The number of rotatable bonds is 11. The summed E-state index contributed by atoms with van der Waals surface area (Å²) in [5.74, 6) is -2.35. The predicted octanol–water partition coefficient (Wildman–Crippen LogP) is 4.31. The van der Waals surface area contributed by atoms with Gasteiger partial charge in [-0.25, -0.2) is 18.7 Å². The maximum absolute atomic E-state index is 13.9. The quantitative estimate of drug-likeness (QED) is 0.151. The molecule has 2 aromatic carbocycles. The van der Waals surface area contributed by atoms with Crippen LogP contribution in [0.2, 0.25) is 0 Å². The Hall–Kier alpha value is -2.90. The van der Waals surface area contributed by atoms with Crippen LogP contribution in [-0.4, -0.2) is 58.6 Å². The molecule has 0 radical (unpaired) electrons. The molecule has 0 aliphatic carbocycles. The number of nitrogens with one attached hydrogen (secondary N) is 1. The van der Waals surface area contributed by atoms with Gasteiger partial charge in [0.1, 0.15) is 23.2 Å². The van der Waals surface area contributed by atoms with E-state index >= 15 is 0 Å². The van der Waals surface area contributed by atoms with Gasteiger partial charge in [-0.3, -0.25) is 15.0 Å². The Morgan fingerprint density at radius 3 is 2.55 bits per heavy atom. The number of piperidine rings is 1. The number of nitrogens with two attached hydrogens (primary N) is 1. The number of hydrogen-bond donors (Lipinski definition) is 4. The number of amides is 1. The average Bonchev–Trinajstić information content (AvgIpc) is 2.96. The number of halogens is 3. The highest BCUT2D eigenvalue weighted by molar-refractivity contribution is 7.99. The van der Waals surface area contributed by atoms with E-state index in [1.54, 1.807) is 37.0 Å². The van der Waals surface area contributed by atoms with Crippen LogP contribution < -0.4 is 16.0 Å². The standard InChI is InChI=1S/C28H33F3N4O4S/c1-39-19-2-3-23-20(14-19)25(17(15-32)16-33-23)24(36)4-5-28(27(37)34-38)6-8-35(9-7-28)10-11-40-26-21(30)12-18(29)13-22(26)31/h2-3,12-14,16,24,36,38H,4-11,15,32H2,1H3,(H,34,37). The van der Waals surface area contributed by atoms with Crippen molar-refractivity contribution in [3.63, 3.8) is 0 Å². The number of hydrogen-bond acceptors (Lipinski definition) is 8. The number of thioether (sulfide) groups is 1. The third-order valence-electron chi connectivity index (χ3n) is 7.66. The van der Waals surface area contributed by atoms with E-state index in [0.717, 1.165) is 17.1 Å². The predicted molar refractivity (Wildman–Crippen MR) is 145 cm³/mol. The van der Waals surface area contributed by atoms with E-state index in [9.17, 15) is 28.3 Å². The van der Waals surface area contributed by atoms with Crippen LogP contribution in [0, 0.1) is 22.9 Å². The van der Waals surface area contributed by atoms with Crippen molar-refractivity contribution >= 4 is 28.6 Å². The molecule has 0 spiro atoms. The molecule has 1 aromatic heterocycles. The molecule has 3 aromatic rings. The highest BCUT2D eigenvalue weighted by atomic mass is 32.2. The zero-order valence-electron chi connectivity index (χ0n) is 22.1. The fraction of sp³-hybridized carbons (Fsp3) is 0.429. The molecule has 1 aliphatic heterocycles. The molecule has 1 aliphatic rings. The van der Waals surface area contributed by atoms with Crippen LogP contribution in [-0.2, 0) is 11.3 Å². The van der Waals surface area contributed by atoms with E-state index in [-0.39, 0.29) is 17.9 Å². The summed E-state index contributed by atoms with van der Waals surface area (Å²) >= 11 is 0.970. The van der Waals surface area contributed by atoms with E-state index in [1.807, 2.05) is 0 Å². The number of carbonyl (C=O) groups excluding carboxylic acids is 1. The summed E-state index contributed by atoms with van der Waals surface area (Å²) in [6, 6.07) is 6.70. The summed E-state index contributed by atoms with van der Waals surface area (Å²) in [5.41, 5.74) is 8.86. The van der Waals surface area contributed by atoms with Gasteiger partial charge in [0, 0.05) is 42.6 Å². The molecule has 216 valence electrons. The summed E-state index contributed by atoms with van der Waals surface area (Å²) in [6.45, 7) is 1.71. The Kier molecular flexibility index (Phi) is 9.90. The van der Waals surface area contributed by atoms with Crippen LogP contribution in [0.4, 0.5) is 13.2 Å². The first-order chi connectivity index (χ1) is 19.2. The van der Waals surface area contributed by atoms with Gasteiger partial charge < -0.3 is 20.5 Å². The second-order valence-electron chi connectivity index (χ2n) is 9.95. The van der Waals surface area contributed by atoms with Crippen LogP contribution in [0.1, 0.15) is 42.9 Å². The molecular formula is C28H33F3N4O4S.